The zero-order valence-corrected chi connectivity index (χ0v) is 10.3. The summed E-state index contributed by atoms with van der Waals surface area (Å²) in [6.07, 6.45) is 1.71. The molecule has 1 N–H and O–H groups in total. The highest BCUT2D eigenvalue weighted by Gasteiger charge is 2.20. The number of nitrogens with one attached hydrogen (secondary N) is 1. The zero-order chi connectivity index (χ0) is 12.4. The molecule has 96 valence electrons. The molecule has 0 amide bonds. The Morgan fingerprint density at radius 2 is 2.11 bits per heavy atom. The predicted molar refractivity (Wildman–Crippen MR) is 67.4 cm³/mol. The Morgan fingerprint density at radius 1 is 1.28 bits per heavy atom. The van der Waals surface area contributed by atoms with Crippen molar-refractivity contribution in [2.45, 2.75) is 12.8 Å². The molecule has 0 spiro atoms. The highest BCUT2D eigenvalue weighted by Crippen LogP contribution is 2.31. The molecule has 2 heterocycles. The van der Waals surface area contributed by atoms with Crippen LogP contribution in [0.25, 0.3) is 0 Å². The Hall–Kier alpha value is -1.55. The lowest BCUT2D eigenvalue weighted by molar-refractivity contribution is 0.0963. The lowest BCUT2D eigenvalue weighted by Gasteiger charge is -2.18. The summed E-state index contributed by atoms with van der Waals surface area (Å²) in [6, 6.07) is 5.46. The molecule has 0 aromatic heterocycles. The number of benzene rings is 1. The second-order valence-electron chi connectivity index (χ2n) is 4.84. The second kappa shape index (κ2) is 4.98. The predicted octanol–water partition coefficient (Wildman–Crippen LogP) is 1.64. The van der Waals surface area contributed by atoms with Gasteiger partial charge in [-0.15, -0.1) is 0 Å². The third-order valence-corrected chi connectivity index (χ3v) is 3.50. The van der Waals surface area contributed by atoms with E-state index in [1.54, 1.807) is 6.07 Å². The number of hydrogen-bond acceptors (Lipinski definition) is 4. The first-order valence-corrected chi connectivity index (χ1v) is 6.46. The quantitative estimate of drug-likeness (QED) is 0.825. The maximum atomic E-state index is 12.2. The lowest BCUT2D eigenvalue weighted by Crippen LogP contribution is -2.16. The van der Waals surface area contributed by atoms with E-state index in [1.807, 2.05) is 12.1 Å². The van der Waals surface area contributed by atoms with Crippen molar-refractivity contribution in [1.82, 2.24) is 5.32 Å². The fourth-order valence-corrected chi connectivity index (χ4v) is 2.49. The highest BCUT2D eigenvalue weighted by molar-refractivity contribution is 5.96. The van der Waals surface area contributed by atoms with E-state index in [9.17, 15) is 4.79 Å². The summed E-state index contributed by atoms with van der Waals surface area (Å²) in [4.78, 5) is 12.2. The van der Waals surface area contributed by atoms with Gasteiger partial charge in [-0.25, -0.2) is 0 Å². The van der Waals surface area contributed by atoms with Crippen LogP contribution in [-0.2, 0) is 0 Å². The van der Waals surface area contributed by atoms with Gasteiger partial charge in [0.1, 0.15) is 13.2 Å². The normalized spacial score (nSPS) is 21.9. The average molecular weight is 247 g/mol. The number of hydrogen-bond donors (Lipinski definition) is 1. The number of ether oxygens (including phenoxy) is 2. The second-order valence-corrected chi connectivity index (χ2v) is 4.84. The van der Waals surface area contributed by atoms with Gasteiger partial charge in [0.2, 0.25) is 0 Å². The Bertz CT molecular complexity index is 452. The highest BCUT2D eigenvalue weighted by atomic mass is 16.6. The summed E-state index contributed by atoms with van der Waals surface area (Å²) < 4.78 is 10.9. The Labute approximate surface area is 106 Å². The lowest BCUT2D eigenvalue weighted by atomic mass is 9.97. The summed E-state index contributed by atoms with van der Waals surface area (Å²) in [6.45, 7) is 3.11. The fourth-order valence-electron chi connectivity index (χ4n) is 2.49. The minimum absolute atomic E-state index is 0.195. The van der Waals surface area contributed by atoms with Gasteiger partial charge >= 0.3 is 0 Å². The van der Waals surface area contributed by atoms with Gasteiger partial charge in [-0.2, -0.15) is 0 Å². The molecule has 0 aliphatic carbocycles. The maximum Gasteiger partial charge on any atom is 0.163 e. The van der Waals surface area contributed by atoms with Gasteiger partial charge in [0.15, 0.2) is 17.3 Å². The van der Waals surface area contributed by atoms with Crippen LogP contribution < -0.4 is 14.8 Å². The number of fused-ring (bicyclic) bond motifs is 1. The number of carbonyl (C=O) groups excluding carboxylic acids is 1. The first-order chi connectivity index (χ1) is 8.83. The van der Waals surface area contributed by atoms with E-state index in [0.717, 1.165) is 30.8 Å². The molecule has 1 atom stereocenters. The number of Topliss-reactive ketones (excluding diaryl/α,β-unsaturated/α-hetero) is 1. The van der Waals surface area contributed by atoms with Crippen molar-refractivity contribution in [1.29, 1.82) is 0 Å². The summed E-state index contributed by atoms with van der Waals surface area (Å²) in [5, 5.41) is 3.28. The van der Waals surface area contributed by atoms with Crippen molar-refractivity contribution in [3.63, 3.8) is 0 Å². The van der Waals surface area contributed by atoms with Gasteiger partial charge < -0.3 is 14.8 Å². The largest absolute Gasteiger partial charge is 0.486 e. The van der Waals surface area contributed by atoms with E-state index in [2.05, 4.69) is 5.32 Å². The monoisotopic (exact) mass is 247 g/mol. The molecule has 4 heteroatoms. The molecule has 18 heavy (non-hydrogen) atoms. The molecule has 2 aliphatic heterocycles. The van der Waals surface area contributed by atoms with Crippen molar-refractivity contribution in [3.05, 3.63) is 23.8 Å². The maximum absolute atomic E-state index is 12.2. The van der Waals surface area contributed by atoms with Crippen LogP contribution in [0.1, 0.15) is 23.2 Å². The molecule has 0 saturated carbocycles. The SMILES string of the molecule is O=C(CC1CCNC1)c1ccc2c(c1)OCCO2. The van der Waals surface area contributed by atoms with Crippen LogP contribution in [0.2, 0.25) is 0 Å². The summed E-state index contributed by atoms with van der Waals surface area (Å²) >= 11 is 0. The van der Waals surface area contributed by atoms with Crippen molar-refractivity contribution in [3.8, 4) is 11.5 Å². The first-order valence-electron chi connectivity index (χ1n) is 6.46. The van der Waals surface area contributed by atoms with Crippen LogP contribution >= 0.6 is 0 Å². The number of rotatable bonds is 3. The molecule has 3 rings (SSSR count). The van der Waals surface area contributed by atoms with E-state index in [1.165, 1.54) is 0 Å². The van der Waals surface area contributed by atoms with Crippen LogP contribution in [0.4, 0.5) is 0 Å². The molecule has 0 radical (unpaired) electrons. The van der Waals surface area contributed by atoms with Gasteiger partial charge in [-0.05, 0) is 43.6 Å². The number of carbonyl (C=O) groups is 1. The third kappa shape index (κ3) is 2.34. The Kier molecular flexibility index (Phi) is 3.19. The summed E-state index contributed by atoms with van der Waals surface area (Å²) in [5.74, 6) is 2.10. The average Bonchev–Trinajstić information content (AvgIpc) is 2.91. The summed E-state index contributed by atoms with van der Waals surface area (Å²) in [5.41, 5.74) is 0.728. The van der Waals surface area contributed by atoms with Crippen LogP contribution in [0.3, 0.4) is 0 Å². The number of ketones is 1. The van der Waals surface area contributed by atoms with Crippen LogP contribution in [-0.4, -0.2) is 32.1 Å². The zero-order valence-electron chi connectivity index (χ0n) is 10.3. The van der Waals surface area contributed by atoms with Crippen LogP contribution in [0.15, 0.2) is 18.2 Å². The van der Waals surface area contributed by atoms with Crippen molar-refractivity contribution >= 4 is 5.78 Å². The van der Waals surface area contributed by atoms with E-state index < -0.39 is 0 Å². The molecule has 2 aliphatic rings. The standard InChI is InChI=1S/C14H17NO3/c16-12(7-10-3-4-15-9-10)11-1-2-13-14(8-11)18-6-5-17-13/h1-2,8,10,15H,3-7,9H2. The van der Waals surface area contributed by atoms with Gasteiger partial charge in [-0.1, -0.05) is 0 Å². The van der Waals surface area contributed by atoms with Crippen molar-refractivity contribution < 1.29 is 14.3 Å². The van der Waals surface area contributed by atoms with Gasteiger partial charge in [0, 0.05) is 12.0 Å². The van der Waals surface area contributed by atoms with Crippen molar-refractivity contribution in [2.24, 2.45) is 5.92 Å². The van der Waals surface area contributed by atoms with E-state index >= 15 is 0 Å². The molecule has 1 fully saturated rings. The smallest absolute Gasteiger partial charge is 0.163 e. The van der Waals surface area contributed by atoms with Gasteiger partial charge in [-0.3, -0.25) is 4.79 Å². The van der Waals surface area contributed by atoms with Gasteiger partial charge in [0.25, 0.3) is 0 Å². The molecule has 4 nitrogen and oxygen atoms in total. The minimum Gasteiger partial charge on any atom is -0.486 e. The fraction of sp³-hybridized carbons (Fsp3) is 0.500. The molecule has 1 unspecified atom stereocenters. The third-order valence-electron chi connectivity index (χ3n) is 3.50. The molecule has 1 aromatic carbocycles. The van der Waals surface area contributed by atoms with Crippen molar-refractivity contribution in [2.75, 3.05) is 26.3 Å². The molecular weight excluding hydrogens is 230 g/mol. The first kappa shape index (κ1) is 11.5. The summed E-state index contributed by atoms with van der Waals surface area (Å²) in [7, 11) is 0. The molecular formula is C14H17NO3. The van der Waals surface area contributed by atoms with E-state index in [4.69, 9.17) is 9.47 Å². The topological polar surface area (TPSA) is 47.6 Å². The van der Waals surface area contributed by atoms with Crippen LogP contribution in [0.5, 0.6) is 11.5 Å². The minimum atomic E-state index is 0.195. The molecule has 1 saturated heterocycles. The van der Waals surface area contributed by atoms with E-state index in [0.29, 0.717) is 31.3 Å². The van der Waals surface area contributed by atoms with Gasteiger partial charge in [0.05, 0.1) is 0 Å². The Balaban J connectivity index is 1.73. The molecule has 1 aromatic rings. The van der Waals surface area contributed by atoms with Crippen LogP contribution in [0, 0.1) is 5.92 Å². The molecule has 0 bridgehead atoms. The Morgan fingerprint density at radius 3 is 2.89 bits per heavy atom. The van der Waals surface area contributed by atoms with E-state index in [-0.39, 0.29) is 5.78 Å².